The van der Waals surface area contributed by atoms with E-state index in [2.05, 4.69) is 189 Å². The third kappa shape index (κ3) is 5.02. The van der Waals surface area contributed by atoms with E-state index in [1.165, 1.54) is 82.0 Å². The number of fused-ring (bicyclic) bond motifs is 4. The maximum absolute atomic E-state index is 3.79. The van der Waals surface area contributed by atoms with Gasteiger partial charge >= 0.3 is 0 Å². The van der Waals surface area contributed by atoms with Crippen LogP contribution in [0.1, 0.15) is 42.5 Å². The Balaban J connectivity index is 1.14. The van der Waals surface area contributed by atoms with Crippen molar-refractivity contribution in [3.05, 3.63) is 187 Å². The van der Waals surface area contributed by atoms with Crippen LogP contribution in [0, 0.1) is 0 Å². The van der Waals surface area contributed by atoms with Crippen molar-refractivity contribution in [3.8, 4) is 22.3 Å². The van der Waals surface area contributed by atoms with E-state index in [9.17, 15) is 0 Å². The highest BCUT2D eigenvalue weighted by Crippen LogP contribution is 2.46. The molecular formula is C48H37N. The lowest BCUT2D eigenvalue weighted by Crippen LogP contribution is -2.20. The van der Waals surface area contributed by atoms with Crippen LogP contribution < -0.4 is 5.32 Å². The molecule has 0 aromatic heterocycles. The molecule has 9 rings (SSSR count). The van der Waals surface area contributed by atoms with Crippen molar-refractivity contribution in [2.24, 2.45) is 0 Å². The quantitative estimate of drug-likeness (QED) is 0.187. The minimum atomic E-state index is 0.121. The molecule has 49 heavy (non-hydrogen) atoms. The maximum atomic E-state index is 3.79. The van der Waals surface area contributed by atoms with E-state index in [4.69, 9.17) is 0 Å². The van der Waals surface area contributed by atoms with E-state index in [0.717, 1.165) is 5.70 Å². The number of nitrogens with one attached hydrogen (secondary N) is 1. The molecule has 0 aliphatic carbocycles. The second-order valence-corrected chi connectivity index (χ2v) is 13.5. The van der Waals surface area contributed by atoms with Crippen LogP contribution in [-0.4, -0.2) is 0 Å². The molecule has 0 amide bonds. The van der Waals surface area contributed by atoms with Gasteiger partial charge in [-0.25, -0.2) is 0 Å². The van der Waals surface area contributed by atoms with Gasteiger partial charge in [0, 0.05) is 5.70 Å². The Hall–Kier alpha value is -5.92. The van der Waals surface area contributed by atoms with Gasteiger partial charge in [0.05, 0.1) is 6.04 Å². The fraction of sp³-hybridized carbons (Fsp3) is 0.0833. The third-order valence-electron chi connectivity index (χ3n) is 10.3. The van der Waals surface area contributed by atoms with Gasteiger partial charge in [-0.2, -0.15) is 0 Å². The van der Waals surface area contributed by atoms with E-state index in [1.807, 2.05) is 0 Å². The summed E-state index contributed by atoms with van der Waals surface area (Å²) in [6.45, 7) is 4.57. The van der Waals surface area contributed by atoms with E-state index in [1.54, 1.807) is 0 Å². The van der Waals surface area contributed by atoms with Gasteiger partial charge in [0.15, 0.2) is 0 Å². The summed E-state index contributed by atoms with van der Waals surface area (Å²) in [6, 6.07) is 56.1. The van der Waals surface area contributed by atoms with Crippen molar-refractivity contribution < 1.29 is 0 Å². The molecule has 1 unspecified atom stereocenters. The number of rotatable bonds is 5. The molecule has 0 spiro atoms. The minimum absolute atomic E-state index is 0.121. The van der Waals surface area contributed by atoms with Gasteiger partial charge in [-0.05, 0) is 100 Å². The van der Waals surface area contributed by atoms with Crippen LogP contribution >= 0.6 is 0 Å². The zero-order valence-corrected chi connectivity index (χ0v) is 27.8. The van der Waals surface area contributed by atoms with E-state index in [0.29, 0.717) is 5.92 Å². The molecule has 0 saturated heterocycles. The van der Waals surface area contributed by atoms with Gasteiger partial charge < -0.3 is 5.32 Å². The summed E-state index contributed by atoms with van der Waals surface area (Å²) >= 11 is 0. The van der Waals surface area contributed by atoms with Gasteiger partial charge in [-0.15, -0.1) is 0 Å². The smallest absolute Gasteiger partial charge is 0.0701 e. The Kier molecular flexibility index (Phi) is 7.13. The zero-order valence-electron chi connectivity index (χ0n) is 27.8. The molecule has 234 valence electrons. The normalized spacial score (nSPS) is 14.5. The summed E-state index contributed by atoms with van der Waals surface area (Å²) in [5, 5.41) is 14.1. The van der Waals surface area contributed by atoms with Crippen LogP contribution in [0.3, 0.4) is 0 Å². The number of dihydropyridines is 1. The molecule has 8 aromatic rings. The van der Waals surface area contributed by atoms with Crippen LogP contribution in [0.25, 0.3) is 71.0 Å². The fourth-order valence-electron chi connectivity index (χ4n) is 7.89. The van der Waals surface area contributed by atoms with Crippen LogP contribution in [0.5, 0.6) is 0 Å². The molecule has 0 radical (unpaired) electrons. The Morgan fingerprint density at radius 2 is 1.06 bits per heavy atom. The highest BCUT2D eigenvalue weighted by molar-refractivity contribution is 6.23. The van der Waals surface area contributed by atoms with Crippen LogP contribution in [0.4, 0.5) is 0 Å². The number of hydrogen-bond acceptors (Lipinski definition) is 1. The average molecular weight is 628 g/mol. The maximum Gasteiger partial charge on any atom is 0.0701 e. The summed E-state index contributed by atoms with van der Waals surface area (Å²) in [7, 11) is 0. The first-order valence-electron chi connectivity index (χ1n) is 17.3. The molecule has 1 heterocycles. The van der Waals surface area contributed by atoms with Gasteiger partial charge in [0.25, 0.3) is 0 Å². The van der Waals surface area contributed by atoms with Crippen molar-refractivity contribution in [1.29, 1.82) is 0 Å². The fourth-order valence-corrected chi connectivity index (χ4v) is 7.89. The second kappa shape index (κ2) is 12.0. The molecule has 8 aromatic carbocycles. The summed E-state index contributed by atoms with van der Waals surface area (Å²) in [6.07, 6.45) is 6.60. The van der Waals surface area contributed by atoms with Crippen molar-refractivity contribution in [3.63, 3.8) is 0 Å². The highest BCUT2D eigenvalue weighted by atomic mass is 14.9. The molecular weight excluding hydrogens is 591 g/mol. The lowest BCUT2D eigenvalue weighted by molar-refractivity contribution is 0.765. The summed E-state index contributed by atoms with van der Waals surface area (Å²) in [5.41, 5.74) is 10.1. The van der Waals surface area contributed by atoms with Crippen LogP contribution in [0.15, 0.2) is 170 Å². The molecule has 1 N–H and O–H groups in total. The Morgan fingerprint density at radius 3 is 1.73 bits per heavy atom. The SMILES string of the molecule is CC(C)c1ccc(-c2c3ccccc3c(-c3ccc(C4=CC=CC(c5ccc6ccccc6c5)N4)cc3)c3ccccc23)c2ccccc12. The molecule has 1 aliphatic heterocycles. The van der Waals surface area contributed by atoms with E-state index < -0.39 is 0 Å². The predicted molar refractivity (Wildman–Crippen MR) is 211 cm³/mol. The molecule has 1 nitrogen and oxygen atoms in total. The van der Waals surface area contributed by atoms with Crippen LogP contribution in [-0.2, 0) is 0 Å². The number of benzene rings is 8. The summed E-state index contributed by atoms with van der Waals surface area (Å²) < 4.78 is 0. The Morgan fingerprint density at radius 1 is 0.490 bits per heavy atom. The van der Waals surface area contributed by atoms with Crippen molar-refractivity contribution in [2.75, 3.05) is 0 Å². The Labute approximate surface area is 287 Å². The van der Waals surface area contributed by atoms with Gasteiger partial charge in [0.1, 0.15) is 0 Å². The third-order valence-corrected chi connectivity index (χ3v) is 10.3. The molecule has 1 heteroatoms. The van der Waals surface area contributed by atoms with E-state index in [-0.39, 0.29) is 6.04 Å². The molecule has 1 atom stereocenters. The van der Waals surface area contributed by atoms with Crippen molar-refractivity contribution in [1.82, 2.24) is 5.32 Å². The number of allylic oxidation sites excluding steroid dienone is 2. The molecule has 0 saturated carbocycles. The lowest BCUT2D eigenvalue weighted by atomic mass is 9.83. The first-order valence-corrected chi connectivity index (χ1v) is 17.3. The topological polar surface area (TPSA) is 12.0 Å². The lowest BCUT2D eigenvalue weighted by Gasteiger charge is -2.23. The van der Waals surface area contributed by atoms with Crippen LogP contribution in [0.2, 0.25) is 0 Å². The van der Waals surface area contributed by atoms with E-state index >= 15 is 0 Å². The molecule has 0 fully saturated rings. The highest BCUT2D eigenvalue weighted by Gasteiger charge is 2.20. The zero-order chi connectivity index (χ0) is 32.9. The average Bonchev–Trinajstić information content (AvgIpc) is 3.16. The minimum Gasteiger partial charge on any atom is -0.374 e. The predicted octanol–water partition coefficient (Wildman–Crippen LogP) is 13.0. The largest absolute Gasteiger partial charge is 0.374 e. The summed E-state index contributed by atoms with van der Waals surface area (Å²) in [5.74, 6) is 0.456. The summed E-state index contributed by atoms with van der Waals surface area (Å²) in [4.78, 5) is 0. The Bertz CT molecular complexity index is 2540. The first-order chi connectivity index (χ1) is 24.1. The molecule has 0 bridgehead atoms. The molecule has 1 aliphatic rings. The second-order valence-electron chi connectivity index (χ2n) is 13.5. The van der Waals surface area contributed by atoms with Gasteiger partial charge in [0.2, 0.25) is 0 Å². The van der Waals surface area contributed by atoms with Gasteiger partial charge in [-0.3, -0.25) is 0 Å². The monoisotopic (exact) mass is 627 g/mol. The van der Waals surface area contributed by atoms with Crippen molar-refractivity contribution in [2.45, 2.75) is 25.8 Å². The van der Waals surface area contributed by atoms with Crippen molar-refractivity contribution >= 4 is 48.8 Å². The first kappa shape index (κ1) is 29.2. The van der Waals surface area contributed by atoms with Gasteiger partial charge in [-0.1, -0.05) is 172 Å². The number of hydrogen-bond donors (Lipinski definition) is 1. The standard InChI is InChI=1S/C48H37N/c1-31(2)37-28-29-44(39-15-6-5-14-38(37)39)48-42-18-9-7-16-40(42)47(41-17-8-10-19-43(41)48)34-25-23-33(24-26-34)45-20-11-21-46(49-45)36-27-22-32-12-3-4-13-35(32)30-36/h3-31,46,49H,1-2H3.